The molecule has 1 nitrogen and oxygen atoms in total. The van der Waals surface area contributed by atoms with Crippen LogP contribution in [-0.2, 0) is 0 Å². The van der Waals surface area contributed by atoms with E-state index in [2.05, 4.69) is 13.8 Å². The van der Waals surface area contributed by atoms with E-state index in [4.69, 9.17) is 27.6 Å². The van der Waals surface area contributed by atoms with Crippen molar-refractivity contribution in [3.05, 3.63) is 0 Å². The third-order valence-electron chi connectivity index (χ3n) is 2.58. The number of nitrogens with one attached hydrogen (secondary N) is 1. The van der Waals surface area contributed by atoms with E-state index in [1.54, 1.807) is 0 Å². The van der Waals surface area contributed by atoms with Crippen molar-refractivity contribution in [3.63, 3.8) is 0 Å². The van der Waals surface area contributed by atoms with E-state index < -0.39 is 5.76 Å². The van der Waals surface area contributed by atoms with Crippen LogP contribution in [0.2, 0.25) is 0 Å². The lowest BCUT2D eigenvalue weighted by atomic mass is 10.0. The van der Waals surface area contributed by atoms with Gasteiger partial charge in [0, 0.05) is 5.16 Å². The Bertz CT molecular complexity index is 208. The molecular weight excluding hydrogens is 236 g/mol. The van der Waals surface area contributed by atoms with Crippen LogP contribution in [0.3, 0.4) is 0 Å². The first kappa shape index (κ1) is 14.8. The second-order valence-electron chi connectivity index (χ2n) is 4.97. The van der Waals surface area contributed by atoms with Gasteiger partial charge in [0.2, 0.25) is 0 Å². The topological polar surface area (TPSA) is 23.9 Å². The van der Waals surface area contributed by atoms with Crippen molar-refractivity contribution < 1.29 is 0 Å². The summed E-state index contributed by atoms with van der Waals surface area (Å²) < 4.78 is 0. The van der Waals surface area contributed by atoms with Crippen LogP contribution in [0, 0.1) is 11.1 Å². The molecule has 0 rings (SSSR count). The molecule has 14 heavy (non-hydrogen) atoms. The molecule has 0 saturated heterocycles. The Morgan fingerprint density at radius 3 is 2.07 bits per heavy atom. The summed E-state index contributed by atoms with van der Waals surface area (Å²) in [5.74, 6) is -1.72. The van der Waals surface area contributed by atoms with Crippen LogP contribution in [-0.4, -0.2) is 5.16 Å². The van der Waals surface area contributed by atoms with Crippen molar-refractivity contribution in [2.24, 2.45) is 5.92 Å². The van der Waals surface area contributed by atoms with Gasteiger partial charge in [-0.15, -0.1) is 0 Å². The first-order valence-corrected chi connectivity index (χ1v) is 8.80. The molecule has 0 spiro atoms. The van der Waals surface area contributed by atoms with E-state index in [-0.39, 0.29) is 5.16 Å². The molecule has 0 amide bonds. The van der Waals surface area contributed by atoms with Crippen LogP contribution in [0.1, 0.15) is 53.4 Å². The molecule has 0 aliphatic heterocycles. The Labute approximate surface area is 98.0 Å². The molecule has 0 unspecified atom stereocenters. The van der Waals surface area contributed by atoms with E-state index in [0.717, 1.165) is 18.8 Å². The molecule has 0 saturated carbocycles. The number of hydrogen-bond donors (Lipinski definition) is 1. The minimum Gasteiger partial charge on any atom is -0.289 e. The van der Waals surface area contributed by atoms with Crippen LogP contribution in [0.4, 0.5) is 0 Å². The Balaban J connectivity index is 3.84. The zero-order chi connectivity index (χ0) is 11.4. The SMILES string of the molecule is CC(C)CCCCC(C)(C)P(=N)(Cl)Cl. The highest BCUT2D eigenvalue weighted by Gasteiger charge is 2.32. The fourth-order valence-corrected chi connectivity index (χ4v) is 2.20. The minimum absolute atomic E-state index is 0.215. The van der Waals surface area contributed by atoms with Gasteiger partial charge >= 0.3 is 0 Å². The summed E-state index contributed by atoms with van der Waals surface area (Å²) in [7, 11) is 0. The number of halogens is 2. The monoisotopic (exact) mass is 257 g/mol. The molecule has 0 heterocycles. The summed E-state index contributed by atoms with van der Waals surface area (Å²) in [5.41, 5.74) is 0. The van der Waals surface area contributed by atoms with Gasteiger partial charge in [0.15, 0.2) is 0 Å². The van der Waals surface area contributed by atoms with Gasteiger partial charge in [0.05, 0.1) is 0 Å². The lowest BCUT2D eigenvalue weighted by Crippen LogP contribution is -2.15. The molecule has 0 aromatic heterocycles. The van der Waals surface area contributed by atoms with E-state index >= 15 is 0 Å². The van der Waals surface area contributed by atoms with Crippen LogP contribution in [0.25, 0.3) is 0 Å². The zero-order valence-corrected chi connectivity index (χ0v) is 12.0. The molecule has 0 aliphatic rings. The van der Waals surface area contributed by atoms with Gasteiger partial charge in [-0.2, -0.15) is 0 Å². The van der Waals surface area contributed by atoms with Crippen LogP contribution >= 0.6 is 28.2 Å². The summed E-state index contributed by atoms with van der Waals surface area (Å²) in [6.45, 7) is 8.47. The molecule has 0 bridgehead atoms. The van der Waals surface area contributed by atoms with Crippen molar-refractivity contribution in [1.82, 2.24) is 0 Å². The molecule has 0 fully saturated rings. The van der Waals surface area contributed by atoms with Gasteiger partial charge in [0.1, 0.15) is 5.76 Å². The molecular formula is C10H22Cl2NP. The molecule has 0 aromatic rings. The van der Waals surface area contributed by atoms with Crippen molar-refractivity contribution in [3.8, 4) is 0 Å². The highest BCUT2D eigenvalue weighted by Crippen LogP contribution is 2.68. The smallest absolute Gasteiger partial charge is 0.139 e. The van der Waals surface area contributed by atoms with E-state index in [1.807, 2.05) is 13.8 Å². The van der Waals surface area contributed by atoms with Crippen molar-refractivity contribution in [1.29, 1.82) is 5.16 Å². The predicted molar refractivity (Wildman–Crippen MR) is 68.7 cm³/mol. The maximum atomic E-state index is 7.70. The van der Waals surface area contributed by atoms with Crippen molar-refractivity contribution >= 4 is 28.2 Å². The molecule has 1 N–H and O–H groups in total. The predicted octanol–water partition coefficient (Wildman–Crippen LogP) is 6.07. The second kappa shape index (κ2) is 5.77. The van der Waals surface area contributed by atoms with Crippen molar-refractivity contribution in [2.45, 2.75) is 58.5 Å². The molecule has 0 aromatic carbocycles. The molecule has 86 valence electrons. The Hall–Kier alpha value is 0.810. The minimum atomic E-state index is -2.49. The van der Waals surface area contributed by atoms with Crippen LogP contribution in [0.5, 0.6) is 0 Å². The van der Waals surface area contributed by atoms with Gasteiger partial charge in [0.25, 0.3) is 0 Å². The van der Waals surface area contributed by atoms with Gasteiger partial charge in [-0.05, 0) is 12.3 Å². The summed E-state index contributed by atoms with van der Waals surface area (Å²) in [5, 5.41) is 7.48. The van der Waals surface area contributed by atoms with Gasteiger partial charge in [-0.1, -0.05) is 69.4 Å². The third kappa shape index (κ3) is 5.63. The average molecular weight is 258 g/mol. The fourth-order valence-electron chi connectivity index (χ4n) is 1.25. The normalized spacial score (nSPS) is 13.6. The maximum Gasteiger partial charge on any atom is 0.139 e. The van der Waals surface area contributed by atoms with E-state index in [1.165, 1.54) is 12.8 Å². The number of hydrogen-bond acceptors (Lipinski definition) is 1. The maximum absolute atomic E-state index is 7.70. The van der Waals surface area contributed by atoms with Crippen LogP contribution < -0.4 is 0 Å². The Kier molecular flexibility index (Phi) is 6.11. The van der Waals surface area contributed by atoms with Gasteiger partial charge in [-0.25, -0.2) is 0 Å². The largest absolute Gasteiger partial charge is 0.289 e. The Morgan fingerprint density at radius 1 is 1.21 bits per heavy atom. The third-order valence-corrected chi connectivity index (χ3v) is 7.07. The average Bonchev–Trinajstić information content (AvgIpc) is 1.95. The highest BCUT2D eigenvalue weighted by atomic mass is 35.9. The fraction of sp³-hybridized carbons (Fsp3) is 1.00. The summed E-state index contributed by atoms with van der Waals surface area (Å²) in [4.78, 5) is 0. The first-order valence-electron chi connectivity index (χ1n) is 5.20. The highest BCUT2D eigenvalue weighted by molar-refractivity contribution is 8.10. The molecule has 0 aliphatic carbocycles. The summed E-state index contributed by atoms with van der Waals surface area (Å²) in [6, 6.07) is 0. The summed E-state index contributed by atoms with van der Waals surface area (Å²) >= 11 is 11.8. The van der Waals surface area contributed by atoms with E-state index in [0.29, 0.717) is 0 Å². The molecule has 0 atom stereocenters. The van der Waals surface area contributed by atoms with Gasteiger partial charge in [-0.3, -0.25) is 5.16 Å². The second-order valence-corrected chi connectivity index (χ2v) is 10.8. The lowest BCUT2D eigenvalue weighted by Gasteiger charge is -2.28. The standard InChI is InChI=1S/C10H22Cl2NP/c1-9(2)7-5-6-8-10(3,4)14(11,12)13/h9,13H,5-8H2,1-4H3. The quantitative estimate of drug-likeness (QED) is 0.441. The first-order chi connectivity index (χ1) is 6.17. The lowest BCUT2D eigenvalue weighted by molar-refractivity contribution is 0.499. The summed E-state index contributed by atoms with van der Waals surface area (Å²) in [6.07, 6.45) is 4.56. The zero-order valence-electron chi connectivity index (χ0n) is 9.61. The Morgan fingerprint density at radius 2 is 1.71 bits per heavy atom. The number of rotatable bonds is 6. The van der Waals surface area contributed by atoms with Crippen molar-refractivity contribution in [2.75, 3.05) is 0 Å². The van der Waals surface area contributed by atoms with E-state index in [9.17, 15) is 0 Å². The number of unbranched alkanes of at least 4 members (excludes halogenated alkanes) is 1. The molecule has 4 heteroatoms. The van der Waals surface area contributed by atoms with Gasteiger partial charge < -0.3 is 0 Å². The van der Waals surface area contributed by atoms with Crippen LogP contribution in [0.15, 0.2) is 0 Å². The molecule has 0 radical (unpaired) electrons.